The van der Waals surface area contributed by atoms with Crippen molar-refractivity contribution < 1.29 is 4.79 Å². The van der Waals surface area contributed by atoms with Crippen LogP contribution < -0.4 is 0 Å². The van der Waals surface area contributed by atoms with Crippen molar-refractivity contribution in [3.05, 3.63) is 0 Å². The van der Waals surface area contributed by atoms with Gasteiger partial charge in [-0.05, 0) is 25.8 Å². The first-order valence-electron chi connectivity index (χ1n) is 5.56. The Balaban J connectivity index is 2.38. The molecule has 0 aliphatic carbocycles. The Morgan fingerprint density at radius 2 is 2.23 bits per heavy atom. The third kappa shape index (κ3) is 3.47. The van der Waals surface area contributed by atoms with E-state index in [-0.39, 0.29) is 0 Å². The van der Waals surface area contributed by atoms with Crippen molar-refractivity contribution in [2.24, 2.45) is 0 Å². The van der Waals surface area contributed by atoms with Crippen LogP contribution in [0.2, 0.25) is 0 Å². The van der Waals surface area contributed by atoms with Gasteiger partial charge in [0.2, 0.25) is 0 Å². The fourth-order valence-corrected chi connectivity index (χ4v) is 2.21. The van der Waals surface area contributed by atoms with Gasteiger partial charge >= 0.3 is 0 Å². The van der Waals surface area contributed by atoms with Crippen LogP contribution in [0.5, 0.6) is 0 Å². The summed E-state index contributed by atoms with van der Waals surface area (Å²) in [7, 11) is 0. The summed E-state index contributed by atoms with van der Waals surface area (Å²) in [4.78, 5) is 12.8. The molecule has 76 valence electrons. The van der Waals surface area contributed by atoms with E-state index in [1.807, 2.05) is 0 Å². The van der Waals surface area contributed by atoms with E-state index in [1.165, 1.54) is 38.6 Å². The summed E-state index contributed by atoms with van der Waals surface area (Å²) in [6.07, 6.45) is 8.36. The first-order chi connectivity index (χ1) is 6.38. The zero-order valence-electron chi connectivity index (χ0n) is 8.67. The maximum atomic E-state index is 10.3. The van der Waals surface area contributed by atoms with Crippen LogP contribution in [-0.2, 0) is 4.79 Å². The summed E-state index contributed by atoms with van der Waals surface area (Å²) >= 11 is 0. The molecule has 0 amide bonds. The van der Waals surface area contributed by atoms with E-state index in [4.69, 9.17) is 0 Å². The second kappa shape index (κ2) is 6.14. The zero-order chi connectivity index (χ0) is 9.52. The fraction of sp³-hybridized carbons (Fsp3) is 0.909. The average molecular weight is 183 g/mol. The molecular formula is C11H21NO. The highest BCUT2D eigenvalue weighted by molar-refractivity contribution is 5.49. The van der Waals surface area contributed by atoms with Gasteiger partial charge < -0.3 is 4.79 Å². The van der Waals surface area contributed by atoms with E-state index in [0.29, 0.717) is 6.42 Å². The standard InChI is InChI=1S/C11H21NO/c1-2-11-7-4-3-5-8-12(11)9-6-10-13/h10-11H,2-9H2,1H3. The van der Waals surface area contributed by atoms with E-state index in [9.17, 15) is 4.79 Å². The summed E-state index contributed by atoms with van der Waals surface area (Å²) in [5, 5.41) is 0. The molecular weight excluding hydrogens is 162 g/mol. The predicted octanol–water partition coefficient (Wildman–Crippen LogP) is 2.23. The lowest BCUT2D eigenvalue weighted by Gasteiger charge is -2.28. The Labute approximate surface area is 81.3 Å². The topological polar surface area (TPSA) is 20.3 Å². The molecule has 0 spiro atoms. The fourth-order valence-electron chi connectivity index (χ4n) is 2.21. The second-order valence-corrected chi connectivity index (χ2v) is 3.90. The van der Waals surface area contributed by atoms with E-state index >= 15 is 0 Å². The van der Waals surface area contributed by atoms with Crippen molar-refractivity contribution >= 4 is 6.29 Å². The van der Waals surface area contributed by atoms with Gasteiger partial charge in [0.05, 0.1) is 0 Å². The van der Waals surface area contributed by atoms with E-state index in [1.54, 1.807) is 0 Å². The number of likely N-dealkylation sites (tertiary alicyclic amines) is 1. The van der Waals surface area contributed by atoms with Gasteiger partial charge in [0.25, 0.3) is 0 Å². The van der Waals surface area contributed by atoms with Gasteiger partial charge in [0, 0.05) is 19.0 Å². The molecule has 1 fully saturated rings. The maximum absolute atomic E-state index is 10.3. The molecule has 1 heterocycles. The molecule has 0 aromatic rings. The minimum atomic E-state index is 0.705. The van der Waals surface area contributed by atoms with Crippen LogP contribution in [0.1, 0.15) is 45.4 Å². The summed E-state index contributed by atoms with van der Waals surface area (Å²) < 4.78 is 0. The molecule has 1 atom stereocenters. The van der Waals surface area contributed by atoms with Crippen molar-refractivity contribution in [2.45, 2.75) is 51.5 Å². The molecule has 1 rings (SSSR count). The smallest absolute Gasteiger partial charge is 0.121 e. The quantitative estimate of drug-likeness (QED) is 0.623. The highest BCUT2D eigenvalue weighted by atomic mass is 16.1. The Kier molecular flexibility index (Phi) is 5.06. The number of hydrogen-bond acceptors (Lipinski definition) is 2. The minimum absolute atomic E-state index is 0.705. The van der Waals surface area contributed by atoms with Crippen molar-refractivity contribution in [1.82, 2.24) is 4.90 Å². The van der Waals surface area contributed by atoms with Crippen molar-refractivity contribution in [3.63, 3.8) is 0 Å². The Bertz CT molecular complexity index is 147. The molecule has 0 aromatic carbocycles. The van der Waals surface area contributed by atoms with Crippen LogP contribution >= 0.6 is 0 Å². The molecule has 0 N–H and O–H groups in total. The summed E-state index contributed by atoms with van der Waals surface area (Å²) in [5.41, 5.74) is 0. The van der Waals surface area contributed by atoms with Gasteiger partial charge in [0.15, 0.2) is 0 Å². The van der Waals surface area contributed by atoms with E-state index in [0.717, 1.165) is 18.9 Å². The predicted molar refractivity (Wildman–Crippen MR) is 54.8 cm³/mol. The number of carbonyl (C=O) groups excluding carboxylic acids is 1. The Morgan fingerprint density at radius 1 is 1.38 bits per heavy atom. The SMILES string of the molecule is CCC1CCCCCN1CCC=O. The highest BCUT2D eigenvalue weighted by Gasteiger charge is 2.18. The molecule has 1 aliphatic heterocycles. The summed E-state index contributed by atoms with van der Waals surface area (Å²) in [5.74, 6) is 0. The van der Waals surface area contributed by atoms with Crippen LogP contribution in [0.25, 0.3) is 0 Å². The van der Waals surface area contributed by atoms with Gasteiger partial charge in [0.1, 0.15) is 6.29 Å². The first-order valence-corrected chi connectivity index (χ1v) is 5.56. The monoisotopic (exact) mass is 183 g/mol. The Hall–Kier alpha value is -0.370. The van der Waals surface area contributed by atoms with E-state index in [2.05, 4.69) is 11.8 Å². The van der Waals surface area contributed by atoms with Crippen LogP contribution in [0, 0.1) is 0 Å². The molecule has 1 saturated heterocycles. The number of carbonyl (C=O) groups is 1. The molecule has 0 aromatic heterocycles. The average Bonchev–Trinajstić information content (AvgIpc) is 2.39. The van der Waals surface area contributed by atoms with E-state index < -0.39 is 0 Å². The van der Waals surface area contributed by atoms with Gasteiger partial charge in [-0.25, -0.2) is 0 Å². The highest BCUT2D eigenvalue weighted by Crippen LogP contribution is 2.18. The van der Waals surface area contributed by atoms with Gasteiger partial charge in [-0.15, -0.1) is 0 Å². The number of hydrogen-bond donors (Lipinski definition) is 0. The number of rotatable bonds is 4. The second-order valence-electron chi connectivity index (χ2n) is 3.90. The first kappa shape index (κ1) is 10.7. The molecule has 2 nitrogen and oxygen atoms in total. The molecule has 0 bridgehead atoms. The molecule has 13 heavy (non-hydrogen) atoms. The third-order valence-corrected chi connectivity index (χ3v) is 3.00. The summed E-state index contributed by atoms with van der Waals surface area (Å²) in [6, 6.07) is 0.738. The molecule has 2 heteroatoms. The third-order valence-electron chi connectivity index (χ3n) is 3.00. The normalized spacial score (nSPS) is 25.5. The van der Waals surface area contributed by atoms with Crippen molar-refractivity contribution in [2.75, 3.05) is 13.1 Å². The van der Waals surface area contributed by atoms with Crippen molar-refractivity contribution in [1.29, 1.82) is 0 Å². The summed E-state index contributed by atoms with van der Waals surface area (Å²) in [6.45, 7) is 4.43. The van der Waals surface area contributed by atoms with Crippen molar-refractivity contribution in [3.8, 4) is 0 Å². The van der Waals surface area contributed by atoms with Gasteiger partial charge in [-0.2, -0.15) is 0 Å². The molecule has 0 saturated carbocycles. The maximum Gasteiger partial charge on any atom is 0.121 e. The molecule has 0 radical (unpaired) electrons. The van der Waals surface area contributed by atoms with Crippen LogP contribution in [0.15, 0.2) is 0 Å². The lowest BCUT2D eigenvalue weighted by molar-refractivity contribution is -0.108. The minimum Gasteiger partial charge on any atom is -0.303 e. The Morgan fingerprint density at radius 3 is 2.92 bits per heavy atom. The molecule has 1 unspecified atom stereocenters. The lowest BCUT2D eigenvalue weighted by Crippen LogP contribution is -2.35. The number of nitrogens with zero attached hydrogens (tertiary/aromatic N) is 1. The lowest BCUT2D eigenvalue weighted by atomic mass is 10.1. The molecule has 1 aliphatic rings. The number of aldehydes is 1. The van der Waals surface area contributed by atoms with Crippen LogP contribution in [0.4, 0.5) is 0 Å². The van der Waals surface area contributed by atoms with Gasteiger partial charge in [-0.1, -0.05) is 19.8 Å². The van der Waals surface area contributed by atoms with Gasteiger partial charge in [-0.3, -0.25) is 4.90 Å². The van der Waals surface area contributed by atoms with Crippen LogP contribution in [-0.4, -0.2) is 30.3 Å². The van der Waals surface area contributed by atoms with Crippen LogP contribution in [0.3, 0.4) is 0 Å². The zero-order valence-corrected chi connectivity index (χ0v) is 8.67. The largest absolute Gasteiger partial charge is 0.303 e.